The fourth-order valence-corrected chi connectivity index (χ4v) is 2.33. The van der Waals surface area contributed by atoms with E-state index in [0.29, 0.717) is 5.69 Å². The topological polar surface area (TPSA) is 66.7 Å². The van der Waals surface area contributed by atoms with E-state index < -0.39 is 0 Å². The Morgan fingerprint density at radius 2 is 1.81 bits per heavy atom. The van der Waals surface area contributed by atoms with Gasteiger partial charge in [-0.25, -0.2) is 0 Å². The molecule has 0 bridgehead atoms. The van der Waals surface area contributed by atoms with Gasteiger partial charge in [0.1, 0.15) is 0 Å². The fourth-order valence-electron chi connectivity index (χ4n) is 2.33. The van der Waals surface area contributed by atoms with Crippen LogP contribution in [0.2, 0.25) is 0 Å². The van der Waals surface area contributed by atoms with E-state index >= 15 is 0 Å². The van der Waals surface area contributed by atoms with Gasteiger partial charge >= 0.3 is 0 Å². The van der Waals surface area contributed by atoms with E-state index in [0.717, 1.165) is 22.3 Å². The van der Waals surface area contributed by atoms with Crippen LogP contribution in [0.4, 0.5) is 17.1 Å². The summed E-state index contributed by atoms with van der Waals surface area (Å²) in [5, 5.41) is 11.4. The molecule has 3 aromatic rings. The Kier molecular flexibility index (Phi) is 3.09. The number of benzene rings is 2. The Morgan fingerprint density at radius 1 is 1.10 bits per heavy atom. The molecule has 4 heteroatoms. The molecule has 1 heterocycles. The van der Waals surface area contributed by atoms with Crippen LogP contribution in [0.25, 0.3) is 10.9 Å². The highest BCUT2D eigenvalue weighted by Crippen LogP contribution is 2.29. The predicted octanol–water partition coefficient (Wildman–Crippen LogP) is 4.19. The molecule has 0 saturated heterocycles. The molecule has 0 fully saturated rings. The van der Waals surface area contributed by atoms with Crippen molar-refractivity contribution in [1.82, 2.24) is 10.2 Å². The van der Waals surface area contributed by atoms with Gasteiger partial charge in [0.2, 0.25) is 0 Å². The number of nitrogen functional groups attached to an aromatic ring is 1. The van der Waals surface area contributed by atoms with Crippen molar-refractivity contribution in [3.8, 4) is 0 Å². The molecule has 4 N–H and O–H groups in total. The predicted molar refractivity (Wildman–Crippen MR) is 88.9 cm³/mol. The summed E-state index contributed by atoms with van der Waals surface area (Å²) in [4.78, 5) is 0. The molecule has 2 aromatic carbocycles. The van der Waals surface area contributed by atoms with Crippen LogP contribution in [-0.4, -0.2) is 10.2 Å². The minimum absolute atomic E-state index is 0.159. The van der Waals surface area contributed by atoms with Crippen LogP contribution in [0.5, 0.6) is 0 Å². The number of H-pyrrole nitrogens is 1. The van der Waals surface area contributed by atoms with E-state index in [1.54, 1.807) is 6.20 Å². The second-order valence-electron chi connectivity index (χ2n) is 6.35. The molecule has 3 rings (SSSR count). The van der Waals surface area contributed by atoms with Crippen LogP contribution in [0.1, 0.15) is 26.3 Å². The molecule has 108 valence electrons. The average Bonchev–Trinajstić information content (AvgIpc) is 2.86. The summed E-state index contributed by atoms with van der Waals surface area (Å²) >= 11 is 0. The lowest BCUT2D eigenvalue weighted by atomic mass is 9.87. The Morgan fingerprint density at radius 3 is 2.48 bits per heavy atom. The Labute approximate surface area is 124 Å². The lowest BCUT2D eigenvalue weighted by Crippen LogP contribution is -2.10. The third kappa shape index (κ3) is 2.70. The van der Waals surface area contributed by atoms with Gasteiger partial charge in [0.25, 0.3) is 0 Å². The fraction of sp³-hybridized carbons (Fsp3) is 0.235. The first-order valence-corrected chi connectivity index (χ1v) is 7.04. The van der Waals surface area contributed by atoms with Crippen molar-refractivity contribution in [2.24, 2.45) is 0 Å². The molecular weight excluding hydrogens is 260 g/mol. The number of nitrogens with zero attached hydrogens (tertiary/aromatic N) is 1. The minimum Gasteiger partial charge on any atom is -0.397 e. The van der Waals surface area contributed by atoms with Gasteiger partial charge in [-0.15, -0.1) is 0 Å². The number of nitrogens with two attached hydrogens (primary N) is 1. The monoisotopic (exact) mass is 280 g/mol. The van der Waals surface area contributed by atoms with E-state index in [1.165, 1.54) is 5.56 Å². The van der Waals surface area contributed by atoms with Crippen molar-refractivity contribution >= 4 is 28.0 Å². The molecule has 0 atom stereocenters. The van der Waals surface area contributed by atoms with Gasteiger partial charge in [-0.05, 0) is 35.2 Å². The molecule has 0 spiro atoms. The lowest BCUT2D eigenvalue weighted by molar-refractivity contribution is 0.590. The normalized spacial score (nSPS) is 11.8. The van der Waals surface area contributed by atoms with E-state index in [9.17, 15) is 0 Å². The summed E-state index contributed by atoms with van der Waals surface area (Å²) in [5.41, 5.74) is 11.1. The number of nitrogens with one attached hydrogen (secondary N) is 2. The Bertz CT molecular complexity index is 764. The molecule has 0 radical (unpaired) electrons. The number of rotatable bonds is 2. The largest absolute Gasteiger partial charge is 0.397 e. The van der Waals surface area contributed by atoms with Crippen molar-refractivity contribution in [3.63, 3.8) is 0 Å². The maximum Gasteiger partial charge on any atom is 0.0672 e. The van der Waals surface area contributed by atoms with Crippen molar-refractivity contribution in [3.05, 3.63) is 48.2 Å². The smallest absolute Gasteiger partial charge is 0.0672 e. The SMILES string of the molecule is CC(C)(C)c1ccc(Nc2cc3[nH]ncc3cc2N)cc1. The van der Waals surface area contributed by atoms with Crippen LogP contribution < -0.4 is 11.1 Å². The van der Waals surface area contributed by atoms with Crippen LogP contribution in [0.3, 0.4) is 0 Å². The van der Waals surface area contributed by atoms with Gasteiger partial charge in [0, 0.05) is 11.1 Å². The molecular formula is C17H20N4. The van der Waals surface area contributed by atoms with E-state index in [4.69, 9.17) is 5.73 Å². The van der Waals surface area contributed by atoms with Crippen LogP contribution >= 0.6 is 0 Å². The first-order chi connectivity index (χ1) is 9.93. The summed E-state index contributed by atoms with van der Waals surface area (Å²) in [6, 6.07) is 12.4. The van der Waals surface area contributed by atoms with E-state index in [-0.39, 0.29) is 5.41 Å². The lowest BCUT2D eigenvalue weighted by Gasteiger charge is -2.19. The van der Waals surface area contributed by atoms with Gasteiger partial charge in [-0.1, -0.05) is 32.9 Å². The third-order valence-electron chi connectivity index (χ3n) is 3.64. The number of hydrogen-bond donors (Lipinski definition) is 3. The summed E-state index contributed by atoms with van der Waals surface area (Å²) in [6.45, 7) is 6.62. The molecule has 0 aliphatic heterocycles. The first kappa shape index (κ1) is 13.5. The number of aromatic amines is 1. The zero-order valence-electron chi connectivity index (χ0n) is 12.6. The quantitative estimate of drug-likeness (QED) is 0.617. The highest BCUT2D eigenvalue weighted by molar-refractivity contribution is 5.89. The zero-order valence-corrected chi connectivity index (χ0v) is 12.6. The number of fused-ring (bicyclic) bond motifs is 1. The molecule has 4 nitrogen and oxygen atoms in total. The first-order valence-electron chi connectivity index (χ1n) is 7.04. The second kappa shape index (κ2) is 4.81. The summed E-state index contributed by atoms with van der Waals surface area (Å²) in [5.74, 6) is 0. The minimum atomic E-state index is 0.159. The molecule has 0 unspecified atom stereocenters. The third-order valence-corrected chi connectivity index (χ3v) is 3.64. The van der Waals surface area contributed by atoms with Gasteiger partial charge in [-0.2, -0.15) is 5.10 Å². The molecule has 0 aliphatic carbocycles. The maximum absolute atomic E-state index is 6.09. The summed E-state index contributed by atoms with van der Waals surface area (Å²) in [7, 11) is 0. The molecule has 1 aromatic heterocycles. The van der Waals surface area contributed by atoms with E-state index in [2.05, 4.69) is 60.6 Å². The van der Waals surface area contributed by atoms with Gasteiger partial charge in [0.05, 0.1) is 23.1 Å². The average molecular weight is 280 g/mol. The van der Waals surface area contributed by atoms with Gasteiger partial charge in [0.15, 0.2) is 0 Å². The standard InChI is InChI=1S/C17H20N4/c1-17(2,3)12-4-6-13(7-5-12)20-16-9-15-11(8-14(16)18)10-19-21-15/h4-10,20H,18H2,1-3H3,(H,19,21). The molecule has 0 amide bonds. The summed E-state index contributed by atoms with van der Waals surface area (Å²) < 4.78 is 0. The van der Waals surface area contributed by atoms with Gasteiger partial charge in [-0.3, -0.25) is 5.10 Å². The maximum atomic E-state index is 6.09. The molecule has 21 heavy (non-hydrogen) atoms. The second-order valence-corrected chi connectivity index (χ2v) is 6.35. The molecule has 0 aliphatic rings. The van der Waals surface area contributed by atoms with Crippen LogP contribution in [0.15, 0.2) is 42.6 Å². The Hall–Kier alpha value is -2.49. The van der Waals surface area contributed by atoms with E-state index in [1.807, 2.05) is 12.1 Å². The number of aromatic nitrogens is 2. The van der Waals surface area contributed by atoms with Crippen LogP contribution in [-0.2, 0) is 5.41 Å². The highest BCUT2D eigenvalue weighted by Gasteiger charge is 2.13. The highest BCUT2D eigenvalue weighted by atomic mass is 15.1. The molecule has 0 saturated carbocycles. The van der Waals surface area contributed by atoms with Crippen molar-refractivity contribution < 1.29 is 0 Å². The number of anilines is 3. The van der Waals surface area contributed by atoms with Crippen molar-refractivity contribution in [2.45, 2.75) is 26.2 Å². The zero-order chi connectivity index (χ0) is 15.0. The number of hydrogen-bond acceptors (Lipinski definition) is 3. The van der Waals surface area contributed by atoms with Gasteiger partial charge < -0.3 is 11.1 Å². The van der Waals surface area contributed by atoms with Crippen molar-refractivity contribution in [1.29, 1.82) is 0 Å². The van der Waals surface area contributed by atoms with Crippen LogP contribution in [0, 0.1) is 0 Å². The Balaban J connectivity index is 1.89. The summed E-state index contributed by atoms with van der Waals surface area (Å²) in [6.07, 6.45) is 1.77. The van der Waals surface area contributed by atoms with Crippen molar-refractivity contribution in [2.75, 3.05) is 11.1 Å².